The number of halogens is 3. The second kappa shape index (κ2) is 5.94. The lowest BCUT2D eigenvalue weighted by Crippen LogP contribution is -2.13. The molecule has 0 radical (unpaired) electrons. The van der Waals surface area contributed by atoms with Crippen molar-refractivity contribution in [3.63, 3.8) is 0 Å². The van der Waals surface area contributed by atoms with Gasteiger partial charge in [0.25, 0.3) is 0 Å². The zero-order valence-electron chi connectivity index (χ0n) is 13.3. The van der Waals surface area contributed by atoms with Crippen LogP contribution < -0.4 is 0 Å². The number of aryl methyl sites for hydroxylation is 1. The molecule has 3 rings (SSSR count). The SMILES string of the molecule is Cc1cccc(-c2nc3cc(C(F)(F)F)ccc3n2CC(C)O)c1. The van der Waals surface area contributed by atoms with Gasteiger partial charge in [-0.3, -0.25) is 0 Å². The van der Waals surface area contributed by atoms with E-state index in [-0.39, 0.29) is 12.1 Å². The average molecular weight is 334 g/mol. The Morgan fingerprint density at radius 1 is 1.17 bits per heavy atom. The molecular weight excluding hydrogens is 317 g/mol. The molecule has 3 aromatic rings. The first-order chi connectivity index (χ1) is 11.3. The summed E-state index contributed by atoms with van der Waals surface area (Å²) in [5.74, 6) is 0.550. The molecule has 1 N–H and O–H groups in total. The van der Waals surface area contributed by atoms with E-state index in [0.717, 1.165) is 23.3 Å². The number of aromatic nitrogens is 2. The van der Waals surface area contributed by atoms with E-state index in [1.54, 1.807) is 11.5 Å². The van der Waals surface area contributed by atoms with Crippen LogP contribution >= 0.6 is 0 Å². The molecule has 126 valence electrons. The maximum absolute atomic E-state index is 12.9. The van der Waals surface area contributed by atoms with E-state index in [1.165, 1.54) is 6.07 Å². The minimum Gasteiger partial charge on any atom is -0.392 e. The fourth-order valence-corrected chi connectivity index (χ4v) is 2.76. The van der Waals surface area contributed by atoms with Crippen molar-refractivity contribution in [1.82, 2.24) is 9.55 Å². The molecule has 1 aromatic heterocycles. The van der Waals surface area contributed by atoms with Crippen molar-refractivity contribution in [1.29, 1.82) is 0 Å². The van der Waals surface area contributed by atoms with E-state index < -0.39 is 17.8 Å². The van der Waals surface area contributed by atoms with E-state index in [1.807, 2.05) is 31.2 Å². The minimum atomic E-state index is -4.41. The summed E-state index contributed by atoms with van der Waals surface area (Å²) < 4.78 is 40.6. The Kier molecular flexibility index (Phi) is 4.09. The number of imidazole rings is 1. The Balaban J connectivity index is 2.23. The number of aliphatic hydroxyl groups is 1. The quantitative estimate of drug-likeness (QED) is 0.770. The lowest BCUT2D eigenvalue weighted by Gasteiger charge is -2.12. The predicted molar refractivity (Wildman–Crippen MR) is 86.6 cm³/mol. The molecule has 3 nitrogen and oxygen atoms in total. The fourth-order valence-electron chi connectivity index (χ4n) is 2.76. The summed E-state index contributed by atoms with van der Waals surface area (Å²) in [7, 11) is 0. The summed E-state index contributed by atoms with van der Waals surface area (Å²) in [5.41, 5.74) is 1.94. The minimum absolute atomic E-state index is 0.255. The van der Waals surface area contributed by atoms with Crippen LogP contribution in [0.5, 0.6) is 0 Å². The number of hydrogen-bond donors (Lipinski definition) is 1. The van der Waals surface area contributed by atoms with Crippen molar-refractivity contribution in [3.05, 3.63) is 53.6 Å². The highest BCUT2D eigenvalue weighted by Gasteiger charge is 2.31. The van der Waals surface area contributed by atoms with Gasteiger partial charge in [0.15, 0.2) is 0 Å². The molecule has 0 saturated carbocycles. The number of benzene rings is 2. The zero-order chi connectivity index (χ0) is 17.5. The van der Waals surface area contributed by atoms with Gasteiger partial charge in [-0.15, -0.1) is 0 Å². The maximum Gasteiger partial charge on any atom is 0.416 e. The highest BCUT2D eigenvalue weighted by molar-refractivity contribution is 5.81. The van der Waals surface area contributed by atoms with E-state index >= 15 is 0 Å². The van der Waals surface area contributed by atoms with Crippen LogP contribution in [0.4, 0.5) is 13.2 Å². The van der Waals surface area contributed by atoms with E-state index in [0.29, 0.717) is 11.3 Å². The van der Waals surface area contributed by atoms with E-state index in [2.05, 4.69) is 4.98 Å². The molecule has 1 heterocycles. The van der Waals surface area contributed by atoms with Crippen LogP contribution in [-0.2, 0) is 12.7 Å². The summed E-state index contributed by atoms with van der Waals surface area (Å²) in [6.07, 6.45) is -5.06. The van der Waals surface area contributed by atoms with Gasteiger partial charge in [0.2, 0.25) is 0 Å². The van der Waals surface area contributed by atoms with Gasteiger partial charge in [-0.2, -0.15) is 13.2 Å². The van der Waals surface area contributed by atoms with Gasteiger partial charge >= 0.3 is 6.18 Å². The molecule has 0 aliphatic heterocycles. The van der Waals surface area contributed by atoms with Crippen LogP contribution in [0.1, 0.15) is 18.1 Å². The molecule has 0 spiro atoms. The van der Waals surface area contributed by atoms with Gasteiger partial charge in [-0.25, -0.2) is 4.98 Å². The Morgan fingerprint density at radius 2 is 1.92 bits per heavy atom. The van der Waals surface area contributed by atoms with Crippen LogP contribution in [0.2, 0.25) is 0 Å². The first-order valence-electron chi connectivity index (χ1n) is 7.58. The number of hydrogen-bond acceptors (Lipinski definition) is 2. The normalized spacial score (nSPS) is 13.4. The Hall–Kier alpha value is -2.34. The lowest BCUT2D eigenvalue weighted by atomic mass is 10.1. The third-order valence-corrected chi connectivity index (χ3v) is 3.80. The van der Waals surface area contributed by atoms with Crippen molar-refractivity contribution in [2.75, 3.05) is 0 Å². The average Bonchev–Trinajstić information content (AvgIpc) is 2.84. The van der Waals surface area contributed by atoms with Crippen molar-refractivity contribution in [2.24, 2.45) is 0 Å². The summed E-state index contributed by atoms with van der Waals surface area (Å²) in [5, 5.41) is 9.76. The van der Waals surface area contributed by atoms with Crippen LogP contribution in [0.25, 0.3) is 22.4 Å². The topological polar surface area (TPSA) is 38.0 Å². The summed E-state index contributed by atoms with van der Waals surface area (Å²) in [6, 6.07) is 11.1. The van der Waals surface area contributed by atoms with Crippen LogP contribution in [-0.4, -0.2) is 20.8 Å². The van der Waals surface area contributed by atoms with Crippen molar-refractivity contribution < 1.29 is 18.3 Å². The van der Waals surface area contributed by atoms with Gasteiger partial charge in [0.05, 0.1) is 29.2 Å². The second-order valence-electron chi connectivity index (χ2n) is 5.97. The largest absolute Gasteiger partial charge is 0.416 e. The first-order valence-corrected chi connectivity index (χ1v) is 7.58. The van der Waals surface area contributed by atoms with Gasteiger partial charge in [0, 0.05) is 5.56 Å². The Labute approximate surface area is 137 Å². The number of aliphatic hydroxyl groups excluding tert-OH is 1. The smallest absolute Gasteiger partial charge is 0.392 e. The number of fused-ring (bicyclic) bond motifs is 1. The fraction of sp³-hybridized carbons (Fsp3) is 0.278. The second-order valence-corrected chi connectivity index (χ2v) is 5.97. The molecule has 0 aliphatic carbocycles. The van der Waals surface area contributed by atoms with Gasteiger partial charge in [-0.1, -0.05) is 23.8 Å². The number of nitrogens with zero attached hydrogens (tertiary/aromatic N) is 2. The molecule has 24 heavy (non-hydrogen) atoms. The Bertz CT molecular complexity index is 882. The molecule has 0 amide bonds. The van der Waals surface area contributed by atoms with Crippen molar-refractivity contribution in [2.45, 2.75) is 32.7 Å². The highest BCUT2D eigenvalue weighted by atomic mass is 19.4. The molecular formula is C18H17F3N2O. The van der Waals surface area contributed by atoms with Crippen LogP contribution in [0.15, 0.2) is 42.5 Å². The van der Waals surface area contributed by atoms with E-state index in [9.17, 15) is 18.3 Å². The molecule has 0 aliphatic rings. The molecule has 0 bridgehead atoms. The summed E-state index contributed by atoms with van der Waals surface area (Å²) >= 11 is 0. The highest BCUT2D eigenvalue weighted by Crippen LogP contribution is 2.33. The van der Waals surface area contributed by atoms with Crippen LogP contribution in [0.3, 0.4) is 0 Å². The molecule has 6 heteroatoms. The van der Waals surface area contributed by atoms with Crippen LogP contribution in [0, 0.1) is 6.92 Å². The van der Waals surface area contributed by atoms with Gasteiger partial charge in [0.1, 0.15) is 5.82 Å². The van der Waals surface area contributed by atoms with E-state index in [4.69, 9.17) is 0 Å². The number of alkyl halides is 3. The molecule has 1 unspecified atom stereocenters. The standard InChI is InChI=1S/C18H17F3N2O/c1-11-4-3-5-13(8-11)17-22-15-9-14(18(19,20)21)6-7-16(15)23(17)10-12(2)24/h3-9,12,24H,10H2,1-2H3. The summed E-state index contributed by atoms with van der Waals surface area (Å²) in [6.45, 7) is 3.83. The van der Waals surface area contributed by atoms with Crippen molar-refractivity contribution in [3.8, 4) is 11.4 Å². The van der Waals surface area contributed by atoms with Crippen molar-refractivity contribution >= 4 is 11.0 Å². The first kappa shape index (κ1) is 16.5. The molecule has 2 aromatic carbocycles. The van der Waals surface area contributed by atoms with Gasteiger partial charge in [-0.05, 0) is 38.1 Å². The molecule has 0 fully saturated rings. The zero-order valence-corrected chi connectivity index (χ0v) is 13.3. The molecule has 1 atom stereocenters. The number of rotatable bonds is 3. The Morgan fingerprint density at radius 3 is 2.54 bits per heavy atom. The third kappa shape index (κ3) is 3.14. The van der Waals surface area contributed by atoms with Gasteiger partial charge < -0.3 is 9.67 Å². The third-order valence-electron chi connectivity index (χ3n) is 3.80. The maximum atomic E-state index is 12.9. The molecule has 0 saturated heterocycles. The predicted octanol–water partition coefficient (Wildman–Crippen LogP) is 4.41. The summed E-state index contributed by atoms with van der Waals surface area (Å²) in [4.78, 5) is 4.40. The lowest BCUT2D eigenvalue weighted by molar-refractivity contribution is -0.137. The monoisotopic (exact) mass is 334 g/mol.